The molecule has 0 spiro atoms. The number of anilines is 2. The quantitative estimate of drug-likeness (QED) is 0.328. The van der Waals surface area contributed by atoms with Crippen molar-refractivity contribution in [3.8, 4) is 0 Å². The molecule has 2 rings (SSSR count). The second kappa shape index (κ2) is 10.3. The minimum atomic E-state index is -1.57. The minimum Gasteiger partial charge on any atom is -0.464 e. The summed E-state index contributed by atoms with van der Waals surface area (Å²) in [6.07, 6.45) is 0.641. The fourth-order valence-electron chi connectivity index (χ4n) is 3.05. The summed E-state index contributed by atoms with van der Waals surface area (Å²) in [5.41, 5.74) is 8.37. The molecular formula is C22H29N7O6. The lowest BCUT2D eigenvalue weighted by Gasteiger charge is -2.32. The number of azide groups is 1. The maximum Gasteiger partial charge on any atom is 0.424 e. The van der Waals surface area contributed by atoms with Crippen LogP contribution in [0.25, 0.3) is 10.4 Å². The van der Waals surface area contributed by atoms with Gasteiger partial charge in [-0.3, -0.25) is 10.3 Å². The molecule has 35 heavy (non-hydrogen) atoms. The normalized spacial score (nSPS) is 13.9. The van der Waals surface area contributed by atoms with E-state index in [2.05, 4.69) is 20.3 Å². The number of rotatable bonds is 4. The van der Waals surface area contributed by atoms with Crippen molar-refractivity contribution in [2.45, 2.75) is 59.7 Å². The van der Waals surface area contributed by atoms with Gasteiger partial charge in [-0.25, -0.2) is 14.4 Å². The Hall–Kier alpha value is -4.25. The van der Waals surface area contributed by atoms with Gasteiger partial charge in [0.05, 0.1) is 23.3 Å². The number of hydrogen-bond acceptors (Lipinski definition) is 8. The molecule has 0 aromatic carbocycles. The van der Waals surface area contributed by atoms with E-state index in [1.807, 2.05) is 0 Å². The fourth-order valence-corrected chi connectivity index (χ4v) is 3.05. The van der Waals surface area contributed by atoms with E-state index in [1.54, 1.807) is 53.4 Å². The first-order valence-corrected chi connectivity index (χ1v) is 10.6. The molecule has 0 saturated carbocycles. The molecule has 0 fully saturated rings. The van der Waals surface area contributed by atoms with E-state index in [1.165, 1.54) is 24.7 Å². The van der Waals surface area contributed by atoms with Crippen molar-refractivity contribution < 1.29 is 29.0 Å². The van der Waals surface area contributed by atoms with Crippen molar-refractivity contribution in [2.75, 3.05) is 16.3 Å². The molecule has 0 aliphatic carbocycles. The van der Waals surface area contributed by atoms with E-state index in [-0.39, 0.29) is 29.3 Å². The van der Waals surface area contributed by atoms with Crippen LogP contribution < -0.4 is 15.1 Å². The number of imide groups is 1. The number of nitrogens with zero attached hydrogens (tertiary/aromatic N) is 6. The third kappa shape index (κ3) is 7.37. The van der Waals surface area contributed by atoms with Crippen LogP contribution in [0.5, 0.6) is 0 Å². The Labute approximate surface area is 202 Å². The topological polar surface area (TPSA) is 170 Å². The lowest BCUT2D eigenvalue weighted by molar-refractivity contribution is 0.0542. The minimum absolute atomic E-state index is 0.0675. The average molecular weight is 488 g/mol. The number of ether oxygens (including phenoxy) is 2. The van der Waals surface area contributed by atoms with Gasteiger partial charge in [0.25, 0.3) is 0 Å². The number of nitrogens with one attached hydrogen (secondary N) is 1. The molecule has 2 heterocycles. The van der Waals surface area contributed by atoms with Crippen LogP contribution >= 0.6 is 0 Å². The number of carboxylic acid groups (broad SMARTS) is 1. The van der Waals surface area contributed by atoms with Crippen molar-refractivity contribution in [2.24, 2.45) is 5.11 Å². The summed E-state index contributed by atoms with van der Waals surface area (Å²) in [5, 5.41) is 16.0. The number of carbonyl (C=O) groups is 3. The molecule has 0 atom stereocenters. The predicted molar refractivity (Wildman–Crippen MR) is 128 cm³/mol. The molecule has 188 valence electrons. The van der Waals surface area contributed by atoms with Crippen LogP contribution in [0.4, 0.5) is 25.8 Å². The second-order valence-electron chi connectivity index (χ2n) is 9.58. The summed E-state index contributed by atoms with van der Waals surface area (Å²) in [7, 11) is 0. The Bertz CT molecular complexity index is 1120. The van der Waals surface area contributed by atoms with E-state index in [4.69, 9.17) is 15.0 Å². The molecule has 1 aliphatic rings. The van der Waals surface area contributed by atoms with Crippen LogP contribution in [0.1, 0.15) is 48.5 Å². The highest BCUT2D eigenvalue weighted by molar-refractivity contribution is 6.11. The molecule has 0 saturated heterocycles. The van der Waals surface area contributed by atoms with Gasteiger partial charge in [0.2, 0.25) is 0 Å². The van der Waals surface area contributed by atoms with Gasteiger partial charge in [-0.05, 0) is 65.6 Å². The Morgan fingerprint density at radius 1 is 1.20 bits per heavy atom. The van der Waals surface area contributed by atoms with E-state index < -0.39 is 29.5 Å². The average Bonchev–Trinajstić information content (AvgIpc) is 2.67. The van der Waals surface area contributed by atoms with Gasteiger partial charge in [0.15, 0.2) is 0 Å². The molecular weight excluding hydrogens is 458 g/mol. The molecule has 1 aromatic heterocycles. The number of amides is 3. The third-order valence-corrected chi connectivity index (χ3v) is 4.23. The van der Waals surface area contributed by atoms with Crippen LogP contribution in [0, 0.1) is 0 Å². The molecule has 1 aliphatic heterocycles. The number of aromatic nitrogens is 1. The maximum atomic E-state index is 12.7. The monoisotopic (exact) mass is 487 g/mol. The number of pyridine rings is 1. The Morgan fingerprint density at radius 3 is 2.37 bits per heavy atom. The first kappa shape index (κ1) is 27.0. The smallest absolute Gasteiger partial charge is 0.424 e. The standard InChI is InChI=1S/C22H29N7O6/c1-13-11-28(12-14(17(13)26-27-23)25-18(30)34-21(2,3)4)15-8-9-24-10-16(15)29(19(31)32)20(33)35-22(5,6)7/h8-10,12H,11H2,1-7H3,(H,25,30)(H,31,32). The summed E-state index contributed by atoms with van der Waals surface area (Å²) in [4.78, 5) is 46.0. The van der Waals surface area contributed by atoms with Gasteiger partial charge in [0.1, 0.15) is 16.9 Å². The number of alkyl carbamates (subject to hydrolysis) is 1. The lowest BCUT2D eigenvalue weighted by Crippen LogP contribution is -2.41. The van der Waals surface area contributed by atoms with E-state index in [0.29, 0.717) is 10.5 Å². The van der Waals surface area contributed by atoms with Gasteiger partial charge in [-0.1, -0.05) is 5.11 Å². The van der Waals surface area contributed by atoms with Crippen LogP contribution in [0.15, 0.2) is 46.7 Å². The molecule has 13 heteroatoms. The molecule has 0 bridgehead atoms. The summed E-state index contributed by atoms with van der Waals surface area (Å²) in [6.45, 7) is 11.8. The zero-order chi connectivity index (χ0) is 26.6. The highest BCUT2D eigenvalue weighted by Crippen LogP contribution is 2.34. The van der Waals surface area contributed by atoms with Gasteiger partial charge < -0.3 is 19.5 Å². The van der Waals surface area contributed by atoms with Crippen molar-refractivity contribution >= 4 is 29.7 Å². The SMILES string of the molecule is CC1=C(N=[N+]=[N-])C(NC(=O)OC(C)(C)C)=CN(c2ccncc2N(C(=O)O)C(=O)OC(C)(C)C)C1. The van der Waals surface area contributed by atoms with E-state index in [9.17, 15) is 19.5 Å². The van der Waals surface area contributed by atoms with Gasteiger partial charge in [-0.15, -0.1) is 0 Å². The molecule has 2 N–H and O–H groups in total. The summed E-state index contributed by atoms with van der Waals surface area (Å²) in [5.74, 6) is 0. The van der Waals surface area contributed by atoms with Gasteiger partial charge in [0, 0.05) is 23.9 Å². The predicted octanol–water partition coefficient (Wildman–Crippen LogP) is 5.27. The third-order valence-electron chi connectivity index (χ3n) is 4.23. The van der Waals surface area contributed by atoms with Gasteiger partial charge >= 0.3 is 18.3 Å². The summed E-state index contributed by atoms with van der Waals surface area (Å²) in [6, 6.07) is 1.50. The largest absolute Gasteiger partial charge is 0.464 e. The summed E-state index contributed by atoms with van der Waals surface area (Å²) >= 11 is 0. The molecule has 13 nitrogen and oxygen atoms in total. The zero-order valence-electron chi connectivity index (χ0n) is 20.7. The maximum absolute atomic E-state index is 12.7. The van der Waals surface area contributed by atoms with E-state index >= 15 is 0 Å². The highest BCUT2D eigenvalue weighted by atomic mass is 16.6. The lowest BCUT2D eigenvalue weighted by atomic mass is 10.1. The van der Waals surface area contributed by atoms with Crippen LogP contribution in [0.2, 0.25) is 0 Å². The van der Waals surface area contributed by atoms with Crippen molar-refractivity contribution in [3.05, 3.63) is 52.1 Å². The van der Waals surface area contributed by atoms with Crippen LogP contribution in [-0.2, 0) is 9.47 Å². The van der Waals surface area contributed by atoms with Gasteiger partial charge in [-0.2, -0.15) is 4.90 Å². The Balaban J connectivity index is 2.55. The van der Waals surface area contributed by atoms with Crippen molar-refractivity contribution in [1.29, 1.82) is 0 Å². The summed E-state index contributed by atoms with van der Waals surface area (Å²) < 4.78 is 10.5. The fraction of sp³-hybridized carbons (Fsp3) is 0.455. The van der Waals surface area contributed by atoms with E-state index in [0.717, 1.165) is 0 Å². The van der Waals surface area contributed by atoms with Crippen molar-refractivity contribution in [3.63, 3.8) is 0 Å². The molecule has 0 radical (unpaired) electrons. The molecule has 0 unspecified atom stereocenters. The van der Waals surface area contributed by atoms with Crippen LogP contribution in [-0.4, -0.2) is 46.1 Å². The Morgan fingerprint density at radius 2 is 1.83 bits per heavy atom. The first-order chi connectivity index (χ1) is 16.1. The second-order valence-corrected chi connectivity index (χ2v) is 9.58. The Kier molecular flexibility index (Phi) is 7.98. The molecule has 3 amide bonds. The van der Waals surface area contributed by atoms with Crippen molar-refractivity contribution in [1.82, 2.24) is 10.3 Å². The number of hydrogen-bond donors (Lipinski definition) is 2. The zero-order valence-corrected chi connectivity index (χ0v) is 20.7. The molecule has 1 aromatic rings. The van der Waals surface area contributed by atoms with Crippen LogP contribution in [0.3, 0.4) is 0 Å². The number of carbonyl (C=O) groups excluding carboxylic acids is 2. The highest BCUT2D eigenvalue weighted by Gasteiger charge is 2.32. The first-order valence-electron chi connectivity index (χ1n) is 10.6.